The Labute approximate surface area is 205 Å². The van der Waals surface area contributed by atoms with Gasteiger partial charge in [0.05, 0.1) is 27.1 Å². The van der Waals surface area contributed by atoms with Crippen molar-refractivity contribution in [1.29, 1.82) is 0 Å². The van der Waals surface area contributed by atoms with Crippen molar-refractivity contribution in [2.45, 2.75) is 20.8 Å². The molecule has 0 saturated heterocycles. The summed E-state index contributed by atoms with van der Waals surface area (Å²) < 4.78 is 22.8. The Morgan fingerprint density at radius 1 is 1.03 bits per heavy atom. The van der Waals surface area contributed by atoms with E-state index in [0.29, 0.717) is 23.8 Å². The van der Waals surface area contributed by atoms with Crippen LogP contribution in [0.5, 0.6) is 17.2 Å². The van der Waals surface area contributed by atoms with Crippen LogP contribution < -0.4 is 19.5 Å². The minimum absolute atomic E-state index is 0.243. The van der Waals surface area contributed by atoms with Crippen molar-refractivity contribution in [3.63, 3.8) is 0 Å². The maximum absolute atomic E-state index is 12.8. The number of hydrogen-bond acceptors (Lipinski definition) is 5. The summed E-state index contributed by atoms with van der Waals surface area (Å²) in [4.78, 5) is 12.8. The minimum atomic E-state index is -0.243. The minimum Gasteiger partial charge on any atom is -0.497 e. The van der Waals surface area contributed by atoms with Gasteiger partial charge in [0.15, 0.2) is 0 Å². The van der Waals surface area contributed by atoms with E-state index in [1.165, 1.54) is 0 Å². The Kier molecular flexibility index (Phi) is 7.11. The molecule has 0 aliphatic heterocycles. The second kappa shape index (κ2) is 10.4. The molecule has 1 N–H and O–H groups in total. The van der Waals surface area contributed by atoms with Gasteiger partial charge in [-0.05, 0) is 50.6 Å². The first-order chi connectivity index (χ1) is 17.0. The molecule has 0 fully saturated rings. The van der Waals surface area contributed by atoms with E-state index >= 15 is 0 Å². The zero-order chi connectivity index (χ0) is 24.9. The average Bonchev–Trinajstić information content (AvgIpc) is 3.29. The van der Waals surface area contributed by atoms with E-state index in [2.05, 4.69) is 5.32 Å². The summed E-state index contributed by atoms with van der Waals surface area (Å²) in [5, 5.41) is 3.82. The monoisotopic (exact) mass is 471 g/mol. The van der Waals surface area contributed by atoms with Gasteiger partial charge in [-0.15, -0.1) is 0 Å². The number of nitrogens with one attached hydrogen (secondary N) is 1. The second-order valence-electron chi connectivity index (χ2n) is 8.09. The lowest BCUT2D eigenvalue weighted by Crippen LogP contribution is -2.09. The van der Waals surface area contributed by atoms with Crippen LogP contribution in [-0.2, 0) is 4.79 Å². The van der Waals surface area contributed by atoms with Gasteiger partial charge in [0, 0.05) is 45.5 Å². The Hall–Kier alpha value is -4.19. The Bertz CT molecular complexity index is 1400. The molecule has 0 atom stereocenters. The molecular weight excluding hydrogens is 442 g/mol. The van der Waals surface area contributed by atoms with E-state index < -0.39 is 0 Å². The quantitative estimate of drug-likeness (QED) is 0.284. The van der Waals surface area contributed by atoms with Crippen molar-refractivity contribution in [3.05, 3.63) is 78.1 Å². The molecule has 3 aromatic carbocycles. The molecule has 1 amide bonds. The number of benzene rings is 3. The number of ether oxygens (including phenoxy) is 3. The predicted octanol–water partition coefficient (Wildman–Crippen LogP) is 6.87. The van der Waals surface area contributed by atoms with Crippen LogP contribution in [0.3, 0.4) is 0 Å². The van der Waals surface area contributed by atoms with Crippen LogP contribution in [0.4, 0.5) is 5.69 Å². The number of allylic oxidation sites excluding steroid dienone is 1. The van der Waals surface area contributed by atoms with Crippen LogP contribution in [-0.4, -0.2) is 26.7 Å². The first kappa shape index (κ1) is 24.0. The summed E-state index contributed by atoms with van der Waals surface area (Å²) >= 11 is 0. The van der Waals surface area contributed by atoms with Gasteiger partial charge in [-0.25, -0.2) is 0 Å². The fraction of sp³-hybridized carbons (Fsp3) is 0.207. The predicted molar refractivity (Wildman–Crippen MR) is 139 cm³/mol. The van der Waals surface area contributed by atoms with Crippen LogP contribution in [0, 0.1) is 6.92 Å². The van der Waals surface area contributed by atoms with Crippen molar-refractivity contribution in [3.8, 4) is 28.4 Å². The van der Waals surface area contributed by atoms with Crippen molar-refractivity contribution in [2.24, 2.45) is 0 Å². The van der Waals surface area contributed by atoms with Crippen molar-refractivity contribution in [2.75, 3.05) is 26.1 Å². The number of hydrogen-bond donors (Lipinski definition) is 1. The van der Waals surface area contributed by atoms with Crippen LogP contribution in [0.15, 0.2) is 71.4 Å². The molecule has 0 unspecified atom stereocenters. The summed E-state index contributed by atoms with van der Waals surface area (Å²) in [7, 11) is 3.24. The van der Waals surface area contributed by atoms with E-state index in [1.807, 2.05) is 69.3 Å². The van der Waals surface area contributed by atoms with Crippen molar-refractivity contribution >= 4 is 28.1 Å². The number of fused-ring (bicyclic) bond motifs is 1. The number of aryl methyl sites for hydroxylation is 1. The molecule has 4 aromatic rings. The van der Waals surface area contributed by atoms with E-state index in [0.717, 1.165) is 44.5 Å². The molecule has 180 valence electrons. The average molecular weight is 472 g/mol. The number of para-hydroxylation sites is 1. The number of anilines is 1. The molecule has 0 bridgehead atoms. The highest BCUT2D eigenvalue weighted by Gasteiger charge is 2.20. The van der Waals surface area contributed by atoms with Crippen LogP contribution in [0.1, 0.15) is 25.0 Å². The molecule has 1 heterocycles. The van der Waals surface area contributed by atoms with Crippen LogP contribution in [0.2, 0.25) is 0 Å². The highest BCUT2D eigenvalue weighted by Crippen LogP contribution is 2.42. The Morgan fingerprint density at radius 3 is 2.57 bits per heavy atom. The Balaban J connectivity index is 1.78. The number of carbonyl (C=O) groups excluding carboxylic acids is 1. The third-order valence-corrected chi connectivity index (χ3v) is 5.84. The summed E-state index contributed by atoms with van der Waals surface area (Å²) in [5.41, 5.74) is 5.72. The zero-order valence-corrected chi connectivity index (χ0v) is 20.6. The van der Waals surface area contributed by atoms with Crippen LogP contribution >= 0.6 is 0 Å². The van der Waals surface area contributed by atoms with Gasteiger partial charge in [-0.1, -0.05) is 24.3 Å². The number of rotatable bonds is 8. The SMILES string of the molecule is CCOc1c(/C(C)=C/C(=O)Nc2cccc(OC)c2)cc2c(-c3ccccc3OC)coc2c1C. The number of methoxy groups -OCH3 is 2. The standard InChI is InChI=1S/C29H29NO5/c1-6-34-28-19(3)29-24(25(17-35-29)22-12-7-8-13-26(22)33-5)16-23(28)18(2)14-27(31)30-20-10-9-11-21(15-20)32-4/h7-17H,6H2,1-5H3,(H,30,31)/b18-14+. The molecular formula is C29H29NO5. The highest BCUT2D eigenvalue weighted by molar-refractivity contribution is 6.06. The lowest BCUT2D eigenvalue weighted by Gasteiger charge is -2.15. The zero-order valence-electron chi connectivity index (χ0n) is 20.6. The lowest BCUT2D eigenvalue weighted by molar-refractivity contribution is -0.111. The molecule has 0 aliphatic carbocycles. The van der Waals surface area contributed by atoms with E-state index in [-0.39, 0.29) is 5.91 Å². The maximum atomic E-state index is 12.8. The largest absolute Gasteiger partial charge is 0.497 e. The third-order valence-electron chi connectivity index (χ3n) is 5.84. The molecule has 0 aliphatic rings. The number of carbonyl (C=O) groups is 1. The smallest absolute Gasteiger partial charge is 0.248 e. The summed E-state index contributed by atoms with van der Waals surface area (Å²) in [6, 6.07) is 17.1. The number of furan rings is 1. The topological polar surface area (TPSA) is 69.9 Å². The normalized spacial score (nSPS) is 11.4. The molecule has 6 heteroatoms. The molecule has 0 spiro atoms. The highest BCUT2D eigenvalue weighted by atomic mass is 16.5. The summed E-state index contributed by atoms with van der Waals surface area (Å²) in [5.74, 6) is 1.89. The number of amides is 1. The van der Waals surface area contributed by atoms with Gasteiger partial charge in [0.1, 0.15) is 22.8 Å². The van der Waals surface area contributed by atoms with Crippen molar-refractivity contribution in [1.82, 2.24) is 0 Å². The third kappa shape index (κ3) is 4.87. The first-order valence-corrected chi connectivity index (χ1v) is 11.4. The van der Waals surface area contributed by atoms with E-state index in [4.69, 9.17) is 18.6 Å². The first-order valence-electron chi connectivity index (χ1n) is 11.4. The summed E-state index contributed by atoms with van der Waals surface area (Å²) in [6.45, 7) is 6.29. The van der Waals surface area contributed by atoms with Crippen molar-refractivity contribution < 1.29 is 23.4 Å². The van der Waals surface area contributed by atoms with Gasteiger partial charge in [0.2, 0.25) is 5.91 Å². The summed E-state index contributed by atoms with van der Waals surface area (Å²) in [6.07, 6.45) is 3.31. The molecule has 0 saturated carbocycles. The lowest BCUT2D eigenvalue weighted by atomic mass is 9.96. The van der Waals surface area contributed by atoms with Gasteiger partial charge < -0.3 is 23.9 Å². The molecule has 4 rings (SSSR count). The van der Waals surface area contributed by atoms with Gasteiger partial charge in [-0.2, -0.15) is 0 Å². The van der Waals surface area contributed by atoms with E-state index in [1.54, 1.807) is 32.6 Å². The fourth-order valence-electron chi connectivity index (χ4n) is 4.17. The van der Waals surface area contributed by atoms with Gasteiger partial charge >= 0.3 is 0 Å². The van der Waals surface area contributed by atoms with Crippen LogP contribution in [0.25, 0.3) is 27.7 Å². The Morgan fingerprint density at radius 2 is 1.83 bits per heavy atom. The molecule has 0 radical (unpaired) electrons. The molecule has 6 nitrogen and oxygen atoms in total. The van der Waals surface area contributed by atoms with E-state index in [9.17, 15) is 4.79 Å². The second-order valence-corrected chi connectivity index (χ2v) is 8.09. The fourth-order valence-corrected chi connectivity index (χ4v) is 4.17. The van der Waals surface area contributed by atoms with Gasteiger partial charge in [0.25, 0.3) is 0 Å². The molecule has 35 heavy (non-hydrogen) atoms. The molecule has 1 aromatic heterocycles. The maximum Gasteiger partial charge on any atom is 0.248 e. The van der Waals surface area contributed by atoms with Gasteiger partial charge in [-0.3, -0.25) is 4.79 Å².